The molecule has 3 rings (SSSR count). The number of hydrogen-bond donors (Lipinski definition) is 5. The van der Waals surface area contributed by atoms with E-state index in [1.165, 1.54) is 12.1 Å². The van der Waals surface area contributed by atoms with E-state index in [1.807, 2.05) is 12.1 Å². The molecule has 0 unspecified atom stereocenters. The second-order valence-corrected chi connectivity index (χ2v) is 6.88. The van der Waals surface area contributed by atoms with Gasteiger partial charge in [0.25, 0.3) is 5.91 Å². The van der Waals surface area contributed by atoms with Gasteiger partial charge >= 0.3 is 12.0 Å². The third-order valence-electron chi connectivity index (χ3n) is 4.28. The van der Waals surface area contributed by atoms with Crippen LogP contribution < -0.4 is 16.4 Å². The highest BCUT2D eigenvalue weighted by Gasteiger charge is 2.19. The molecular weight excluding hydrogens is 390 g/mol. The number of urea groups is 1. The summed E-state index contributed by atoms with van der Waals surface area (Å²) in [6, 6.07) is 9.57. The molecule has 0 aliphatic rings. The van der Waals surface area contributed by atoms with Crippen molar-refractivity contribution in [2.45, 2.75) is 26.2 Å². The second kappa shape index (κ2) is 8.52. The lowest BCUT2D eigenvalue weighted by Gasteiger charge is -2.09. The Balaban J connectivity index is 1.71. The number of carbonyl (C=O) groups is 3. The van der Waals surface area contributed by atoms with Crippen molar-refractivity contribution in [2.24, 2.45) is 5.73 Å². The maximum Gasteiger partial charge on any atom is 0.371 e. The molecule has 0 aliphatic heterocycles. The Labute approximate surface area is 171 Å². The highest BCUT2D eigenvalue weighted by atomic mass is 16.4. The number of amides is 3. The van der Waals surface area contributed by atoms with Crippen LogP contribution >= 0.6 is 0 Å². The summed E-state index contributed by atoms with van der Waals surface area (Å²) < 4.78 is 5.17. The zero-order valence-corrected chi connectivity index (χ0v) is 16.4. The summed E-state index contributed by atoms with van der Waals surface area (Å²) in [5.74, 6) is -1.30. The maximum absolute atomic E-state index is 12.3. The number of nitrogens with one attached hydrogen (secondary N) is 3. The summed E-state index contributed by atoms with van der Waals surface area (Å²) in [5, 5.41) is 14.1. The lowest BCUT2D eigenvalue weighted by molar-refractivity contribution is 0.0660. The van der Waals surface area contributed by atoms with Crippen molar-refractivity contribution in [1.82, 2.24) is 9.97 Å². The standard InChI is InChI=1S/C20H21N5O5/c1-10(2)11-3-5-12(6-4-11)22-20(29)25-18-16(17(21)26)23-15(24-18)9-13-7-8-14(30-13)19(27)28/h3-8,10H,9H2,1-2H3,(H2,21,26)(H,23,24)(H,27,28)(H2,22,25,29). The number of carboxylic acids is 1. The number of imidazole rings is 1. The van der Waals surface area contributed by atoms with Gasteiger partial charge in [-0.05, 0) is 35.7 Å². The average Bonchev–Trinajstić information content (AvgIpc) is 3.29. The van der Waals surface area contributed by atoms with Crippen molar-refractivity contribution < 1.29 is 23.9 Å². The molecule has 10 nitrogen and oxygen atoms in total. The van der Waals surface area contributed by atoms with E-state index in [4.69, 9.17) is 15.3 Å². The molecular formula is C20H21N5O5. The first-order valence-electron chi connectivity index (χ1n) is 9.11. The number of anilines is 2. The number of rotatable bonds is 7. The quantitative estimate of drug-likeness (QED) is 0.401. The van der Waals surface area contributed by atoms with E-state index in [2.05, 4.69) is 34.4 Å². The largest absolute Gasteiger partial charge is 0.475 e. The predicted molar refractivity (Wildman–Crippen MR) is 109 cm³/mol. The van der Waals surface area contributed by atoms with E-state index in [0.717, 1.165) is 5.56 Å². The van der Waals surface area contributed by atoms with Crippen LogP contribution in [0.1, 0.15) is 58.0 Å². The number of aromatic amines is 1. The summed E-state index contributed by atoms with van der Waals surface area (Å²) in [7, 11) is 0. The molecule has 0 saturated carbocycles. The first-order valence-corrected chi connectivity index (χ1v) is 9.11. The monoisotopic (exact) mass is 411 g/mol. The number of nitrogens with zero attached hydrogens (tertiary/aromatic N) is 1. The van der Waals surface area contributed by atoms with Crippen molar-refractivity contribution in [3.8, 4) is 0 Å². The number of carboxylic acid groups (broad SMARTS) is 1. The Kier molecular flexibility index (Phi) is 5.86. The van der Waals surface area contributed by atoms with Gasteiger partial charge in [0, 0.05) is 5.69 Å². The minimum atomic E-state index is -1.20. The number of carbonyl (C=O) groups excluding carboxylic acids is 2. The minimum absolute atomic E-state index is 0.0428. The minimum Gasteiger partial charge on any atom is -0.475 e. The lowest BCUT2D eigenvalue weighted by atomic mass is 10.0. The van der Waals surface area contributed by atoms with Gasteiger partial charge in [0.2, 0.25) is 5.76 Å². The highest BCUT2D eigenvalue weighted by Crippen LogP contribution is 2.19. The molecule has 0 spiro atoms. The van der Waals surface area contributed by atoms with E-state index in [1.54, 1.807) is 12.1 Å². The van der Waals surface area contributed by atoms with E-state index >= 15 is 0 Å². The zero-order valence-electron chi connectivity index (χ0n) is 16.4. The molecule has 0 radical (unpaired) electrons. The van der Waals surface area contributed by atoms with Crippen LogP contribution in [0.3, 0.4) is 0 Å². The third kappa shape index (κ3) is 4.85. The second-order valence-electron chi connectivity index (χ2n) is 6.88. The smallest absolute Gasteiger partial charge is 0.371 e. The number of benzene rings is 1. The zero-order chi connectivity index (χ0) is 21.8. The van der Waals surface area contributed by atoms with Crippen molar-refractivity contribution in [3.63, 3.8) is 0 Å². The van der Waals surface area contributed by atoms with Crippen LogP contribution in [0, 0.1) is 0 Å². The molecule has 3 aromatic rings. The fourth-order valence-corrected chi connectivity index (χ4v) is 2.75. The van der Waals surface area contributed by atoms with Crippen molar-refractivity contribution in [1.29, 1.82) is 0 Å². The number of furan rings is 1. The van der Waals surface area contributed by atoms with Crippen LogP contribution in [0.5, 0.6) is 0 Å². The maximum atomic E-state index is 12.3. The van der Waals surface area contributed by atoms with Crippen molar-refractivity contribution in [3.05, 3.63) is 65.0 Å². The summed E-state index contributed by atoms with van der Waals surface area (Å²) >= 11 is 0. The fourth-order valence-electron chi connectivity index (χ4n) is 2.75. The van der Waals surface area contributed by atoms with Gasteiger partial charge in [0.1, 0.15) is 17.3 Å². The van der Waals surface area contributed by atoms with E-state index < -0.39 is 17.9 Å². The summed E-state index contributed by atoms with van der Waals surface area (Å²) in [5.41, 5.74) is 6.98. The molecule has 6 N–H and O–H groups in total. The molecule has 156 valence electrons. The van der Waals surface area contributed by atoms with Crippen molar-refractivity contribution >= 4 is 29.4 Å². The Morgan fingerprint density at radius 2 is 1.83 bits per heavy atom. The number of aromatic carboxylic acids is 1. The predicted octanol–water partition coefficient (Wildman–Crippen LogP) is 3.16. The lowest BCUT2D eigenvalue weighted by Crippen LogP contribution is -2.22. The molecule has 0 aliphatic carbocycles. The van der Waals surface area contributed by atoms with Crippen LogP contribution in [-0.4, -0.2) is 33.0 Å². The van der Waals surface area contributed by atoms with Crippen LogP contribution in [0.25, 0.3) is 0 Å². The van der Waals surface area contributed by atoms with E-state index in [9.17, 15) is 14.4 Å². The normalized spacial score (nSPS) is 10.8. The SMILES string of the molecule is CC(C)c1ccc(NC(=O)Nc2nc(Cc3ccc(C(=O)O)o3)[nH]c2C(N)=O)cc1. The number of aromatic nitrogens is 2. The first kappa shape index (κ1) is 20.6. The summed E-state index contributed by atoms with van der Waals surface area (Å²) in [6.45, 7) is 4.14. The Morgan fingerprint density at radius 1 is 1.13 bits per heavy atom. The number of nitrogens with two attached hydrogens (primary N) is 1. The van der Waals surface area contributed by atoms with Gasteiger partial charge in [-0.1, -0.05) is 26.0 Å². The molecule has 0 fully saturated rings. The molecule has 0 atom stereocenters. The van der Waals surface area contributed by atoms with Crippen molar-refractivity contribution in [2.75, 3.05) is 10.6 Å². The highest BCUT2D eigenvalue weighted by molar-refractivity contribution is 6.04. The average molecular weight is 411 g/mol. The van der Waals surface area contributed by atoms with Gasteiger partial charge < -0.3 is 25.6 Å². The molecule has 30 heavy (non-hydrogen) atoms. The summed E-state index contributed by atoms with van der Waals surface area (Å²) in [4.78, 5) is 41.8. The third-order valence-corrected chi connectivity index (χ3v) is 4.28. The number of H-pyrrole nitrogens is 1. The van der Waals surface area contributed by atoms with Crippen LogP contribution in [-0.2, 0) is 6.42 Å². The van der Waals surface area contributed by atoms with Crippen LogP contribution in [0.4, 0.5) is 16.3 Å². The summed E-state index contributed by atoms with van der Waals surface area (Å²) in [6.07, 6.45) is 0.0769. The van der Waals surface area contributed by atoms with Crippen LogP contribution in [0.2, 0.25) is 0 Å². The molecule has 10 heteroatoms. The van der Waals surface area contributed by atoms with E-state index in [-0.39, 0.29) is 29.5 Å². The number of hydrogen-bond acceptors (Lipinski definition) is 5. The Bertz CT molecular complexity index is 1080. The van der Waals surface area contributed by atoms with Gasteiger partial charge in [0.15, 0.2) is 5.82 Å². The Hall–Kier alpha value is -4.08. The fraction of sp³-hybridized carbons (Fsp3) is 0.200. The molecule has 2 aromatic heterocycles. The van der Waals surface area contributed by atoms with Crippen LogP contribution in [0.15, 0.2) is 40.8 Å². The molecule has 1 aromatic carbocycles. The molecule has 0 saturated heterocycles. The van der Waals surface area contributed by atoms with Gasteiger partial charge in [-0.15, -0.1) is 0 Å². The van der Waals surface area contributed by atoms with Gasteiger partial charge in [-0.2, -0.15) is 0 Å². The van der Waals surface area contributed by atoms with Gasteiger partial charge in [0.05, 0.1) is 6.42 Å². The first-order chi connectivity index (χ1) is 14.2. The molecule has 2 heterocycles. The van der Waals surface area contributed by atoms with E-state index in [0.29, 0.717) is 17.4 Å². The van der Waals surface area contributed by atoms with Gasteiger partial charge in [-0.25, -0.2) is 14.6 Å². The number of primary amides is 1. The Morgan fingerprint density at radius 3 is 2.40 bits per heavy atom. The molecule has 0 bridgehead atoms. The molecule has 3 amide bonds. The van der Waals surface area contributed by atoms with Gasteiger partial charge in [-0.3, -0.25) is 10.1 Å². The topological polar surface area (TPSA) is 163 Å².